The summed E-state index contributed by atoms with van der Waals surface area (Å²) in [5.41, 5.74) is 0.310. The first-order chi connectivity index (χ1) is 9.35. The lowest BCUT2D eigenvalue weighted by molar-refractivity contribution is 0.0696. The number of nitrogens with one attached hydrogen (secondary N) is 1. The van der Waals surface area contributed by atoms with Crippen LogP contribution < -0.4 is 14.4 Å². The van der Waals surface area contributed by atoms with E-state index in [9.17, 15) is 17.1 Å². The lowest BCUT2D eigenvalue weighted by Crippen LogP contribution is -2.43. The van der Waals surface area contributed by atoms with Gasteiger partial charge >= 0.3 is 16.5 Å². The van der Waals surface area contributed by atoms with E-state index in [0.717, 1.165) is 19.2 Å². The zero-order valence-corrected chi connectivity index (χ0v) is 11.2. The van der Waals surface area contributed by atoms with Gasteiger partial charge in [-0.3, -0.25) is 0 Å². The minimum atomic E-state index is -5.19. The molecule has 0 atom stereocenters. The standard InChI is InChI=1S/C11H13FN2O5S/c12-20(17,18)19-10-6-8(11(15)16)5-9(7-10)14-3-1-13-2-4-14/h5-7,13H,1-4H2,(H,15,16). The molecule has 0 amide bonds. The highest BCUT2D eigenvalue weighted by molar-refractivity contribution is 7.81. The molecule has 1 aromatic rings. The molecule has 1 aromatic carbocycles. The van der Waals surface area contributed by atoms with Gasteiger partial charge in [-0.15, -0.1) is 0 Å². The van der Waals surface area contributed by atoms with E-state index in [2.05, 4.69) is 9.50 Å². The summed E-state index contributed by atoms with van der Waals surface area (Å²) in [7, 11) is -5.19. The number of carboxylic acid groups (broad SMARTS) is 1. The van der Waals surface area contributed by atoms with Crippen molar-refractivity contribution in [1.29, 1.82) is 0 Å². The fraction of sp³-hybridized carbons (Fsp3) is 0.364. The molecule has 1 aliphatic rings. The summed E-state index contributed by atoms with van der Waals surface area (Å²) in [5, 5.41) is 12.1. The number of benzene rings is 1. The lowest BCUT2D eigenvalue weighted by atomic mass is 10.1. The van der Waals surface area contributed by atoms with Crippen LogP contribution in [0.4, 0.5) is 9.57 Å². The molecular formula is C11H13FN2O5S. The maximum Gasteiger partial charge on any atom is 0.488 e. The van der Waals surface area contributed by atoms with Crippen LogP contribution in [0.25, 0.3) is 0 Å². The minimum absolute atomic E-state index is 0.167. The molecule has 0 spiro atoms. The molecule has 9 heteroatoms. The molecule has 1 fully saturated rings. The molecule has 110 valence electrons. The summed E-state index contributed by atoms with van der Waals surface area (Å²) < 4.78 is 37.7. The maximum absolute atomic E-state index is 12.6. The number of nitrogens with zero attached hydrogens (tertiary/aromatic N) is 1. The summed E-state index contributed by atoms with van der Waals surface area (Å²) in [6.45, 7) is 2.69. The van der Waals surface area contributed by atoms with E-state index in [4.69, 9.17) is 5.11 Å². The molecule has 7 nitrogen and oxygen atoms in total. The molecule has 0 radical (unpaired) electrons. The summed E-state index contributed by atoms with van der Waals surface area (Å²) in [4.78, 5) is 12.9. The Balaban J connectivity index is 2.37. The van der Waals surface area contributed by atoms with E-state index in [0.29, 0.717) is 18.8 Å². The number of piperazine rings is 1. The maximum atomic E-state index is 12.6. The predicted octanol–water partition coefficient (Wildman–Crippen LogP) is 0.388. The fourth-order valence-electron chi connectivity index (χ4n) is 1.98. The third kappa shape index (κ3) is 3.81. The van der Waals surface area contributed by atoms with E-state index in [-0.39, 0.29) is 11.3 Å². The van der Waals surface area contributed by atoms with E-state index in [1.54, 1.807) is 0 Å². The molecule has 0 saturated carbocycles. The quantitative estimate of drug-likeness (QED) is 0.777. The third-order valence-corrected chi connectivity index (χ3v) is 3.21. The van der Waals surface area contributed by atoms with Gasteiger partial charge in [-0.25, -0.2) is 4.79 Å². The summed E-state index contributed by atoms with van der Waals surface area (Å²) in [6, 6.07) is 3.66. The highest BCUT2D eigenvalue weighted by Gasteiger charge is 2.17. The van der Waals surface area contributed by atoms with Crippen molar-refractivity contribution in [2.24, 2.45) is 0 Å². The van der Waals surface area contributed by atoms with Crippen molar-refractivity contribution in [3.63, 3.8) is 0 Å². The first-order valence-electron chi connectivity index (χ1n) is 5.83. The van der Waals surface area contributed by atoms with Gasteiger partial charge in [0.05, 0.1) is 5.56 Å². The molecule has 0 unspecified atom stereocenters. The molecule has 0 aliphatic carbocycles. The van der Waals surface area contributed by atoms with Gasteiger partial charge in [-0.1, -0.05) is 3.89 Å². The fourth-order valence-corrected chi connectivity index (χ4v) is 2.30. The number of anilines is 1. The molecule has 1 saturated heterocycles. The molecule has 0 aromatic heterocycles. The second-order valence-electron chi connectivity index (χ2n) is 4.23. The number of carboxylic acids is 1. The zero-order valence-electron chi connectivity index (χ0n) is 10.4. The van der Waals surface area contributed by atoms with Crippen molar-refractivity contribution in [1.82, 2.24) is 5.32 Å². The van der Waals surface area contributed by atoms with Gasteiger partial charge < -0.3 is 19.5 Å². The molecule has 2 rings (SSSR count). The largest absolute Gasteiger partial charge is 0.488 e. The Bertz CT molecular complexity index is 613. The van der Waals surface area contributed by atoms with E-state index in [1.165, 1.54) is 12.1 Å². The van der Waals surface area contributed by atoms with Crippen LogP contribution in [-0.4, -0.2) is 45.7 Å². The highest BCUT2D eigenvalue weighted by atomic mass is 32.3. The second kappa shape index (κ2) is 5.63. The minimum Gasteiger partial charge on any atom is -0.478 e. The van der Waals surface area contributed by atoms with Gasteiger partial charge in [0.2, 0.25) is 0 Å². The van der Waals surface area contributed by atoms with Crippen LogP contribution in [-0.2, 0) is 10.5 Å². The Labute approximate surface area is 115 Å². The van der Waals surface area contributed by atoms with Crippen LogP contribution in [0.1, 0.15) is 10.4 Å². The van der Waals surface area contributed by atoms with Crippen molar-refractivity contribution in [3.8, 4) is 5.75 Å². The van der Waals surface area contributed by atoms with Gasteiger partial charge in [-0.05, 0) is 12.1 Å². The van der Waals surface area contributed by atoms with Crippen LogP contribution in [0.5, 0.6) is 5.75 Å². The Morgan fingerprint density at radius 2 is 1.95 bits per heavy atom. The zero-order chi connectivity index (χ0) is 14.8. The van der Waals surface area contributed by atoms with Gasteiger partial charge in [0.15, 0.2) is 0 Å². The van der Waals surface area contributed by atoms with Crippen LogP contribution in [0.3, 0.4) is 0 Å². The SMILES string of the molecule is O=C(O)c1cc(OS(=O)(=O)F)cc(N2CCNCC2)c1. The Morgan fingerprint density at radius 3 is 2.50 bits per heavy atom. The first kappa shape index (κ1) is 14.5. The van der Waals surface area contributed by atoms with E-state index in [1.807, 2.05) is 4.90 Å². The molecule has 1 heterocycles. The van der Waals surface area contributed by atoms with Crippen LogP contribution in [0.15, 0.2) is 18.2 Å². The molecular weight excluding hydrogens is 291 g/mol. The summed E-state index contributed by atoms with van der Waals surface area (Å²) in [5.74, 6) is -1.61. The van der Waals surface area contributed by atoms with Crippen molar-refractivity contribution < 1.29 is 26.4 Å². The highest BCUT2D eigenvalue weighted by Crippen LogP contribution is 2.26. The van der Waals surface area contributed by atoms with Crippen molar-refractivity contribution >= 4 is 22.2 Å². The summed E-state index contributed by atoms with van der Waals surface area (Å²) >= 11 is 0. The Hall–Kier alpha value is -1.87. The number of carbonyl (C=O) groups is 1. The van der Waals surface area contributed by atoms with Crippen molar-refractivity contribution in [3.05, 3.63) is 23.8 Å². The van der Waals surface area contributed by atoms with E-state index < -0.39 is 16.5 Å². The number of rotatable bonds is 4. The topological polar surface area (TPSA) is 95.9 Å². The first-order valence-corrected chi connectivity index (χ1v) is 7.14. The smallest absolute Gasteiger partial charge is 0.478 e. The van der Waals surface area contributed by atoms with Crippen LogP contribution in [0.2, 0.25) is 0 Å². The van der Waals surface area contributed by atoms with Crippen LogP contribution in [0, 0.1) is 0 Å². The molecule has 1 aliphatic heterocycles. The van der Waals surface area contributed by atoms with Gasteiger partial charge in [0.25, 0.3) is 0 Å². The number of aromatic carboxylic acids is 1. The van der Waals surface area contributed by atoms with Gasteiger partial charge in [0, 0.05) is 37.9 Å². The average molecular weight is 304 g/mol. The van der Waals surface area contributed by atoms with Crippen molar-refractivity contribution in [2.45, 2.75) is 0 Å². The van der Waals surface area contributed by atoms with Crippen molar-refractivity contribution in [2.75, 3.05) is 31.1 Å². The van der Waals surface area contributed by atoms with Gasteiger partial charge in [-0.2, -0.15) is 8.42 Å². The monoisotopic (exact) mass is 304 g/mol. The number of halogens is 1. The Kier molecular flexibility index (Phi) is 4.09. The molecule has 20 heavy (non-hydrogen) atoms. The number of hydrogen-bond donors (Lipinski definition) is 2. The normalized spacial score (nSPS) is 15.9. The van der Waals surface area contributed by atoms with Crippen LogP contribution >= 0.6 is 0 Å². The third-order valence-electron chi connectivity index (χ3n) is 2.82. The molecule has 0 bridgehead atoms. The number of hydrogen-bond acceptors (Lipinski definition) is 6. The Morgan fingerprint density at radius 1 is 1.30 bits per heavy atom. The predicted molar refractivity (Wildman–Crippen MR) is 69.1 cm³/mol. The lowest BCUT2D eigenvalue weighted by Gasteiger charge is -2.29. The average Bonchev–Trinajstić information content (AvgIpc) is 2.37. The molecule has 2 N–H and O–H groups in total. The summed E-state index contributed by atoms with van der Waals surface area (Å²) in [6.07, 6.45) is 0. The van der Waals surface area contributed by atoms with Gasteiger partial charge in [0.1, 0.15) is 5.75 Å². The van der Waals surface area contributed by atoms with E-state index >= 15 is 0 Å². The second-order valence-corrected chi connectivity index (χ2v) is 5.19.